The minimum absolute atomic E-state index is 0.00179. The molecule has 160 valence electrons. The highest BCUT2D eigenvalue weighted by Crippen LogP contribution is 2.50. The van der Waals surface area contributed by atoms with E-state index in [-0.39, 0.29) is 34.9 Å². The summed E-state index contributed by atoms with van der Waals surface area (Å²) in [7, 11) is 0. The first kappa shape index (κ1) is 20.5. The van der Waals surface area contributed by atoms with Gasteiger partial charge in [-0.05, 0) is 59.4 Å². The molecule has 2 aromatic rings. The van der Waals surface area contributed by atoms with E-state index >= 15 is 4.39 Å². The molecule has 0 N–H and O–H groups in total. The first-order chi connectivity index (χ1) is 14.1. The Morgan fingerprint density at radius 3 is 2.50 bits per heavy atom. The molecule has 2 aliphatic carbocycles. The molecule has 2 aromatic heterocycles. The molecule has 0 aromatic carbocycles. The van der Waals surface area contributed by atoms with Crippen molar-refractivity contribution in [2.75, 3.05) is 6.61 Å². The van der Waals surface area contributed by atoms with Gasteiger partial charge in [0.2, 0.25) is 5.43 Å². The number of halogens is 1. The molecular weight excluding hydrogens is 391 g/mol. The van der Waals surface area contributed by atoms with Gasteiger partial charge >= 0.3 is 11.9 Å². The van der Waals surface area contributed by atoms with Crippen molar-refractivity contribution in [3.05, 3.63) is 39.6 Å². The molecular formula is C22H25FN2O5. The minimum atomic E-state index is -1.13. The maximum Gasteiger partial charge on any atom is 0.343 e. The lowest BCUT2D eigenvalue weighted by atomic mass is 9.99. The number of ether oxygens (including phenoxy) is 2. The summed E-state index contributed by atoms with van der Waals surface area (Å²) in [4.78, 5) is 42.4. The second kappa shape index (κ2) is 6.89. The molecule has 8 heteroatoms. The number of rotatable bonds is 5. The standard InChI is InChI=1S/C22H25FN2O5/c1-5-29-19(27)14-11-25(12-6-7-12)18-13(16(14)26)10-15(23)17(24-18)22(8-9-22)20(28)30-21(2,3)4/h10-12H,5-9H2,1-4H3. The van der Waals surface area contributed by atoms with Crippen LogP contribution in [0.3, 0.4) is 0 Å². The van der Waals surface area contributed by atoms with E-state index in [2.05, 4.69) is 4.98 Å². The van der Waals surface area contributed by atoms with Crippen LogP contribution in [0.25, 0.3) is 11.0 Å². The predicted octanol–water partition coefficient (Wildman–Crippen LogP) is 3.42. The van der Waals surface area contributed by atoms with Crippen LogP contribution in [0, 0.1) is 5.82 Å². The molecule has 2 fully saturated rings. The molecule has 2 aliphatic rings. The Morgan fingerprint density at radius 2 is 1.97 bits per heavy atom. The van der Waals surface area contributed by atoms with Crippen molar-refractivity contribution in [3.63, 3.8) is 0 Å². The van der Waals surface area contributed by atoms with Gasteiger partial charge in [-0.2, -0.15) is 0 Å². The SMILES string of the molecule is CCOC(=O)c1cn(C2CC2)c2nc(C3(C(=O)OC(C)(C)C)CC3)c(F)cc2c1=O. The smallest absolute Gasteiger partial charge is 0.343 e. The fourth-order valence-electron chi connectivity index (χ4n) is 3.61. The summed E-state index contributed by atoms with van der Waals surface area (Å²) in [6, 6.07) is 1.16. The molecule has 0 unspecified atom stereocenters. The van der Waals surface area contributed by atoms with E-state index in [0.717, 1.165) is 18.9 Å². The van der Waals surface area contributed by atoms with E-state index in [1.54, 1.807) is 32.3 Å². The normalized spacial score (nSPS) is 17.6. The zero-order valence-corrected chi connectivity index (χ0v) is 17.6. The largest absolute Gasteiger partial charge is 0.462 e. The molecule has 0 saturated heterocycles. The third-order valence-corrected chi connectivity index (χ3v) is 5.39. The van der Waals surface area contributed by atoms with Gasteiger partial charge in [-0.15, -0.1) is 0 Å². The fourth-order valence-corrected chi connectivity index (χ4v) is 3.61. The van der Waals surface area contributed by atoms with Crippen LogP contribution in [0.15, 0.2) is 17.1 Å². The minimum Gasteiger partial charge on any atom is -0.462 e. The Morgan fingerprint density at radius 1 is 1.30 bits per heavy atom. The molecule has 2 saturated carbocycles. The first-order valence-electron chi connectivity index (χ1n) is 10.2. The van der Waals surface area contributed by atoms with Crippen molar-refractivity contribution < 1.29 is 23.5 Å². The number of carbonyl (C=O) groups excluding carboxylic acids is 2. The van der Waals surface area contributed by atoms with Crippen molar-refractivity contribution in [3.8, 4) is 0 Å². The monoisotopic (exact) mass is 416 g/mol. The number of carbonyl (C=O) groups is 2. The topological polar surface area (TPSA) is 87.5 Å². The second-order valence-electron chi connectivity index (χ2n) is 9.00. The zero-order valence-electron chi connectivity index (χ0n) is 17.6. The molecule has 2 heterocycles. The molecule has 0 bridgehead atoms. The Bertz CT molecular complexity index is 1110. The van der Waals surface area contributed by atoms with Gasteiger partial charge in [-0.3, -0.25) is 9.59 Å². The van der Waals surface area contributed by atoms with E-state index in [1.807, 2.05) is 0 Å². The van der Waals surface area contributed by atoms with Crippen molar-refractivity contribution in [1.29, 1.82) is 0 Å². The van der Waals surface area contributed by atoms with E-state index in [4.69, 9.17) is 9.47 Å². The van der Waals surface area contributed by atoms with Gasteiger partial charge in [0.05, 0.1) is 17.7 Å². The van der Waals surface area contributed by atoms with Crippen molar-refractivity contribution in [2.45, 2.75) is 70.4 Å². The van der Waals surface area contributed by atoms with Gasteiger partial charge in [-0.1, -0.05) is 0 Å². The van der Waals surface area contributed by atoms with E-state index in [0.29, 0.717) is 12.8 Å². The highest BCUT2D eigenvalue weighted by molar-refractivity contribution is 5.93. The lowest BCUT2D eigenvalue weighted by Gasteiger charge is -2.24. The van der Waals surface area contributed by atoms with Crippen LogP contribution in [0.4, 0.5) is 4.39 Å². The summed E-state index contributed by atoms with van der Waals surface area (Å²) in [5, 5.41) is 0.00805. The maximum atomic E-state index is 15.1. The van der Waals surface area contributed by atoms with Crippen LogP contribution >= 0.6 is 0 Å². The number of fused-ring (bicyclic) bond motifs is 1. The Kier molecular flexibility index (Phi) is 4.71. The Balaban J connectivity index is 1.87. The van der Waals surface area contributed by atoms with Crippen LogP contribution in [0.2, 0.25) is 0 Å². The molecule has 0 aliphatic heterocycles. The predicted molar refractivity (Wildman–Crippen MR) is 107 cm³/mol. The summed E-state index contributed by atoms with van der Waals surface area (Å²) in [5.74, 6) is -1.99. The number of esters is 2. The van der Waals surface area contributed by atoms with Crippen LogP contribution in [-0.2, 0) is 19.7 Å². The summed E-state index contributed by atoms with van der Waals surface area (Å²) in [6.07, 6.45) is 4.05. The van der Waals surface area contributed by atoms with Crippen molar-refractivity contribution in [1.82, 2.24) is 9.55 Å². The lowest BCUT2D eigenvalue weighted by molar-refractivity contribution is -0.158. The summed E-state index contributed by atoms with van der Waals surface area (Å²) in [6.45, 7) is 7.05. The molecule has 7 nitrogen and oxygen atoms in total. The van der Waals surface area contributed by atoms with Crippen molar-refractivity contribution >= 4 is 23.0 Å². The number of pyridine rings is 2. The summed E-state index contributed by atoms with van der Waals surface area (Å²) in [5.41, 5.74) is -2.32. The van der Waals surface area contributed by atoms with E-state index < -0.39 is 34.2 Å². The number of nitrogens with zero attached hydrogens (tertiary/aromatic N) is 2. The lowest BCUT2D eigenvalue weighted by Crippen LogP contribution is -2.33. The number of hydrogen-bond acceptors (Lipinski definition) is 6. The maximum absolute atomic E-state index is 15.1. The average molecular weight is 416 g/mol. The van der Waals surface area contributed by atoms with Crippen LogP contribution < -0.4 is 5.43 Å². The van der Waals surface area contributed by atoms with Crippen molar-refractivity contribution in [2.24, 2.45) is 0 Å². The Hall–Kier alpha value is -2.77. The quantitative estimate of drug-likeness (QED) is 0.694. The van der Waals surface area contributed by atoms with Gasteiger partial charge < -0.3 is 14.0 Å². The van der Waals surface area contributed by atoms with Gasteiger partial charge in [0.1, 0.15) is 28.0 Å². The Labute approximate surface area is 173 Å². The number of hydrogen-bond donors (Lipinski definition) is 0. The van der Waals surface area contributed by atoms with E-state index in [1.165, 1.54) is 6.20 Å². The molecule has 0 atom stereocenters. The second-order valence-corrected chi connectivity index (χ2v) is 9.00. The van der Waals surface area contributed by atoms with Gasteiger partial charge in [0, 0.05) is 12.2 Å². The molecule has 4 rings (SSSR count). The third-order valence-electron chi connectivity index (χ3n) is 5.39. The average Bonchev–Trinajstić information content (AvgIpc) is 3.54. The van der Waals surface area contributed by atoms with E-state index in [9.17, 15) is 14.4 Å². The molecule has 0 radical (unpaired) electrons. The first-order valence-corrected chi connectivity index (χ1v) is 10.2. The fraction of sp³-hybridized carbons (Fsp3) is 0.545. The summed E-state index contributed by atoms with van der Waals surface area (Å²) < 4.78 is 27.3. The highest BCUT2D eigenvalue weighted by atomic mass is 19.1. The third kappa shape index (κ3) is 3.48. The van der Waals surface area contributed by atoms with Crippen LogP contribution in [-0.4, -0.2) is 33.7 Å². The number of aromatic nitrogens is 2. The van der Waals surface area contributed by atoms with Gasteiger partial charge in [-0.25, -0.2) is 14.2 Å². The summed E-state index contributed by atoms with van der Waals surface area (Å²) >= 11 is 0. The molecule has 0 spiro atoms. The van der Waals surface area contributed by atoms with Crippen LogP contribution in [0.1, 0.15) is 75.5 Å². The van der Waals surface area contributed by atoms with Gasteiger partial charge in [0.25, 0.3) is 0 Å². The highest BCUT2D eigenvalue weighted by Gasteiger charge is 2.56. The molecule has 0 amide bonds. The zero-order chi connectivity index (χ0) is 21.8. The van der Waals surface area contributed by atoms with Crippen LogP contribution in [0.5, 0.6) is 0 Å². The van der Waals surface area contributed by atoms with Gasteiger partial charge in [0.15, 0.2) is 0 Å². The molecule has 30 heavy (non-hydrogen) atoms.